The average molecular weight is 165 g/mol. The summed E-state index contributed by atoms with van der Waals surface area (Å²) >= 11 is 0. The van der Waals surface area contributed by atoms with Crippen LogP contribution in [0.3, 0.4) is 0 Å². The molecule has 1 heterocycles. The molecule has 1 N–H and O–H groups in total. The molecule has 2 rings (SSSR count). The summed E-state index contributed by atoms with van der Waals surface area (Å²) in [6, 6.07) is 5.83. The molecule has 64 valence electrons. The monoisotopic (exact) mass is 165 g/mol. The number of methoxy groups -OCH3 is 1. The molecule has 0 atom stereocenters. The van der Waals surface area contributed by atoms with Crippen molar-refractivity contribution in [2.24, 2.45) is 0 Å². The van der Waals surface area contributed by atoms with Crippen molar-refractivity contribution in [3.05, 3.63) is 23.8 Å². The van der Waals surface area contributed by atoms with Crippen molar-refractivity contribution in [1.82, 2.24) is 5.32 Å². The molecular formula is C9H11NO2. The number of hydrogen-bond acceptors (Lipinski definition) is 3. The van der Waals surface area contributed by atoms with Gasteiger partial charge in [0.1, 0.15) is 18.2 Å². The number of fused-ring (bicyclic) bond motifs is 1. The Balaban J connectivity index is 2.36. The van der Waals surface area contributed by atoms with E-state index in [1.54, 1.807) is 7.11 Å². The van der Waals surface area contributed by atoms with E-state index in [9.17, 15) is 0 Å². The minimum atomic E-state index is 0.597. The smallest absolute Gasteiger partial charge is 0.139 e. The fraction of sp³-hybridized carbons (Fsp3) is 0.333. The molecule has 0 fully saturated rings. The molecule has 0 aromatic heterocycles. The third-order valence-electron chi connectivity index (χ3n) is 1.91. The van der Waals surface area contributed by atoms with Crippen LogP contribution in [0.1, 0.15) is 5.56 Å². The van der Waals surface area contributed by atoms with Gasteiger partial charge in [0.15, 0.2) is 0 Å². The third kappa shape index (κ3) is 1.23. The van der Waals surface area contributed by atoms with Gasteiger partial charge in [-0.2, -0.15) is 0 Å². The summed E-state index contributed by atoms with van der Waals surface area (Å²) in [6.07, 6.45) is 0. The molecule has 3 nitrogen and oxygen atoms in total. The van der Waals surface area contributed by atoms with Gasteiger partial charge in [0, 0.05) is 12.1 Å². The van der Waals surface area contributed by atoms with Gasteiger partial charge in [-0.25, -0.2) is 0 Å². The van der Waals surface area contributed by atoms with Crippen LogP contribution in [0.5, 0.6) is 11.5 Å². The van der Waals surface area contributed by atoms with Crippen LogP contribution in [-0.2, 0) is 6.54 Å². The number of ether oxygens (including phenoxy) is 2. The van der Waals surface area contributed by atoms with Crippen LogP contribution in [0, 0.1) is 0 Å². The van der Waals surface area contributed by atoms with Crippen LogP contribution in [0.4, 0.5) is 0 Å². The summed E-state index contributed by atoms with van der Waals surface area (Å²) in [5.74, 6) is 1.83. The van der Waals surface area contributed by atoms with Gasteiger partial charge < -0.3 is 9.47 Å². The number of rotatable bonds is 1. The van der Waals surface area contributed by atoms with E-state index in [0.29, 0.717) is 6.73 Å². The molecule has 0 unspecified atom stereocenters. The predicted octanol–water partition coefficient (Wildman–Crippen LogP) is 1.13. The van der Waals surface area contributed by atoms with Crippen LogP contribution in [0.25, 0.3) is 0 Å². The molecule has 0 radical (unpaired) electrons. The van der Waals surface area contributed by atoms with Gasteiger partial charge in [-0.3, -0.25) is 5.32 Å². The zero-order valence-electron chi connectivity index (χ0n) is 6.96. The van der Waals surface area contributed by atoms with Crippen molar-refractivity contribution in [2.75, 3.05) is 13.8 Å². The van der Waals surface area contributed by atoms with Gasteiger partial charge in [0.05, 0.1) is 7.11 Å². The third-order valence-corrected chi connectivity index (χ3v) is 1.91. The second kappa shape index (κ2) is 3.03. The summed E-state index contributed by atoms with van der Waals surface area (Å²) in [5.41, 5.74) is 1.15. The zero-order valence-corrected chi connectivity index (χ0v) is 6.96. The highest BCUT2D eigenvalue weighted by atomic mass is 16.5. The lowest BCUT2D eigenvalue weighted by atomic mass is 10.2. The van der Waals surface area contributed by atoms with Crippen LogP contribution < -0.4 is 14.8 Å². The molecule has 3 heteroatoms. The molecule has 0 saturated heterocycles. The first-order valence-electron chi connectivity index (χ1n) is 3.90. The molecule has 1 aromatic rings. The number of nitrogens with one attached hydrogen (secondary N) is 1. The maximum atomic E-state index is 5.36. The zero-order chi connectivity index (χ0) is 8.39. The van der Waals surface area contributed by atoms with Crippen molar-refractivity contribution in [2.45, 2.75) is 6.54 Å². The second-order valence-corrected chi connectivity index (χ2v) is 2.69. The quantitative estimate of drug-likeness (QED) is 0.676. The largest absolute Gasteiger partial charge is 0.497 e. The fourth-order valence-electron chi connectivity index (χ4n) is 1.28. The van der Waals surface area contributed by atoms with E-state index in [1.165, 1.54) is 0 Å². The molecule has 0 saturated carbocycles. The maximum Gasteiger partial charge on any atom is 0.139 e. The summed E-state index contributed by atoms with van der Waals surface area (Å²) in [7, 11) is 1.67. The summed E-state index contributed by atoms with van der Waals surface area (Å²) in [4.78, 5) is 0. The van der Waals surface area contributed by atoms with Gasteiger partial charge in [-0.15, -0.1) is 0 Å². The van der Waals surface area contributed by atoms with Gasteiger partial charge in [0.25, 0.3) is 0 Å². The van der Waals surface area contributed by atoms with E-state index in [-0.39, 0.29) is 0 Å². The lowest BCUT2D eigenvalue weighted by Gasteiger charge is -2.18. The summed E-state index contributed by atoms with van der Waals surface area (Å²) in [5, 5.41) is 3.11. The topological polar surface area (TPSA) is 30.5 Å². The average Bonchev–Trinajstić information content (AvgIpc) is 2.17. The van der Waals surface area contributed by atoms with Crippen molar-refractivity contribution >= 4 is 0 Å². The molecule has 0 amide bonds. The SMILES string of the molecule is COc1ccc2c(c1)CNCO2. The van der Waals surface area contributed by atoms with Crippen LogP contribution in [0.15, 0.2) is 18.2 Å². The minimum Gasteiger partial charge on any atom is -0.497 e. The van der Waals surface area contributed by atoms with Crippen molar-refractivity contribution < 1.29 is 9.47 Å². The van der Waals surface area contributed by atoms with Crippen LogP contribution in [-0.4, -0.2) is 13.8 Å². The minimum absolute atomic E-state index is 0.597. The molecular weight excluding hydrogens is 154 g/mol. The Labute approximate surface area is 71.3 Å². The molecule has 12 heavy (non-hydrogen) atoms. The normalized spacial score (nSPS) is 14.8. The Kier molecular flexibility index (Phi) is 1.87. The van der Waals surface area contributed by atoms with E-state index >= 15 is 0 Å². The van der Waals surface area contributed by atoms with Crippen molar-refractivity contribution in [3.63, 3.8) is 0 Å². The Morgan fingerprint density at radius 3 is 3.25 bits per heavy atom. The van der Waals surface area contributed by atoms with Crippen molar-refractivity contribution in [3.8, 4) is 11.5 Å². The fourth-order valence-corrected chi connectivity index (χ4v) is 1.28. The second-order valence-electron chi connectivity index (χ2n) is 2.69. The standard InChI is InChI=1S/C9H11NO2/c1-11-8-2-3-9-7(4-8)5-10-6-12-9/h2-4,10H,5-6H2,1H3. The van der Waals surface area contributed by atoms with Gasteiger partial charge in [-0.1, -0.05) is 0 Å². The lowest BCUT2D eigenvalue weighted by molar-refractivity contribution is 0.256. The van der Waals surface area contributed by atoms with E-state index < -0.39 is 0 Å². The van der Waals surface area contributed by atoms with Crippen LogP contribution >= 0.6 is 0 Å². The molecule has 1 aliphatic rings. The van der Waals surface area contributed by atoms with E-state index in [2.05, 4.69) is 5.32 Å². The molecule has 0 spiro atoms. The Morgan fingerprint density at radius 2 is 2.42 bits per heavy atom. The highest BCUT2D eigenvalue weighted by Crippen LogP contribution is 2.25. The number of benzene rings is 1. The Hall–Kier alpha value is -1.22. The molecule has 0 aliphatic carbocycles. The highest BCUT2D eigenvalue weighted by Gasteiger charge is 2.09. The van der Waals surface area contributed by atoms with Gasteiger partial charge >= 0.3 is 0 Å². The molecule has 1 aromatic carbocycles. The van der Waals surface area contributed by atoms with Crippen molar-refractivity contribution in [1.29, 1.82) is 0 Å². The molecule has 0 bridgehead atoms. The van der Waals surface area contributed by atoms with Gasteiger partial charge in [-0.05, 0) is 18.2 Å². The number of hydrogen-bond donors (Lipinski definition) is 1. The predicted molar refractivity (Wildman–Crippen MR) is 45.3 cm³/mol. The Morgan fingerprint density at radius 1 is 1.50 bits per heavy atom. The Bertz CT molecular complexity index is 286. The first kappa shape index (κ1) is 7.43. The first-order chi connectivity index (χ1) is 5.90. The summed E-state index contributed by atoms with van der Waals surface area (Å²) < 4.78 is 10.5. The first-order valence-corrected chi connectivity index (χ1v) is 3.90. The van der Waals surface area contributed by atoms with E-state index in [4.69, 9.17) is 9.47 Å². The maximum absolute atomic E-state index is 5.36. The highest BCUT2D eigenvalue weighted by molar-refractivity contribution is 5.40. The molecule has 1 aliphatic heterocycles. The van der Waals surface area contributed by atoms with Gasteiger partial charge in [0.2, 0.25) is 0 Å². The lowest BCUT2D eigenvalue weighted by Crippen LogP contribution is -2.25. The van der Waals surface area contributed by atoms with E-state index in [0.717, 1.165) is 23.6 Å². The van der Waals surface area contributed by atoms with E-state index in [1.807, 2.05) is 18.2 Å². The summed E-state index contributed by atoms with van der Waals surface area (Å²) in [6.45, 7) is 1.45. The van der Waals surface area contributed by atoms with Crippen LogP contribution in [0.2, 0.25) is 0 Å².